The average Bonchev–Trinajstić information content (AvgIpc) is 2.82. The van der Waals surface area contributed by atoms with E-state index in [2.05, 4.69) is 33.8 Å². The minimum Gasteiger partial charge on any atom is -0.472 e. The zero-order chi connectivity index (χ0) is 12.6. The molecule has 94 valence electrons. The van der Waals surface area contributed by atoms with Gasteiger partial charge in [0.05, 0.1) is 12.5 Å². The fourth-order valence-corrected chi connectivity index (χ4v) is 3.37. The minimum atomic E-state index is 0.215. The van der Waals surface area contributed by atoms with Gasteiger partial charge in [-0.3, -0.25) is 0 Å². The summed E-state index contributed by atoms with van der Waals surface area (Å²) in [5.74, 6) is 1.02. The Hall–Kier alpha value is -1.02. The highest BCUT2D eigenvalue weighted by atomic mass is 16.3. The van der Waals surface area contributed by atoms with Gasteiger partial charge in [0.2, 0.25) is 0 Å². The smallest absolute Gasteiger partial charge is 0.0940 e. The summed E-state index contributed by atoms with van der Waals surface area (Å²) in [7, 11) is 0. The third-order valence-electron chi connectivity index (χ3n) is 3.91. The van der Waals surface area contributed by atoms with Crippen LogP contribution in [-0.2, 0) is 0 Å². The molecule has 1 heterocycles. The molecule has 1 aliphatic carbocycles. The molecule has 2 unspecified atom stereocenters. The van der Waals surface area contributed by atoms with E-state index >= 15 is 0 Å². The van der Waals surface area contributed by atoms with Gasteiger partial charge >= 0.3 is 0 Å². The number of furan rings is 1. The summed E-state index contributed by atoms with van der Waals surface area (Å²) in [6.07, 6.45) is 4.76. The summed E-state index contributed by atoms with van der Waals surface area (Å²) < 4.78 is 5.21. The normalized spacial score (nSPS) is 25.7. The summed E-state index contributed by atoms with van der Waals surface area (Å²) in [5, 5.41) is 0. The largest absolute Gasteiger partial charge is 0.472 e. The molecule has 0 radical (unpaired) electrons. The van der Waals surface area contributed by atoms with E-state index < -0.39 is 0 Å². The molecule has 0 aliphatic heterocycles. The molecule has 0 spiro atoms. The van der Waals surface area contributed by atoms with Crippen LogP contribution in [0.2, 0.25) is 0 Å². The van der Waals surface area contributed by atoms with E-state index in [1.807, 2.05) is 6.26 Å². The summed E-state index contributed by atoms with van der Waals surface area (Å²) in [4.78, 5) is 0. The molecule has 2 nitrogen and oxygen atoms in total. The summed E-state index contributed by atoms with van der Waals surface area (Å²) >= 11 is 0. The Labute approximate surface area is 104 Å². The standard InChI is InChI=1S/C15H23NO/c1-10-13(11-5-6-17-9-11)7-12(8-16)14(10)15(2,3)4/h5-6,9,12-13H,7-8,16H2,1-4H3. The number of allylic oxidation sites excluding steroid dienone is 1. The Bertz CT molecular complexity index is 409. The first-order valence-electron chi connectivity index (χ1n) is 6.38. The van der Waals surface area contributed by atoms with Crippen molar-refractivity contribution in [3.05, 3.63) is 35.3 Å². The molecule has 1 aromatic heterocycles. The van der Waals surface area contributed by atoms with Gasteiger partial charge in [0.1, 0.15) is 0 Å². The zero-order valence-electron chi connectivity index (χ0n) is 11.3. The molecule has 2 rings (SSSR count). The molecule has 2 atom stereocenters. The number of nitrogens with two attached hydrogens (primary N) is 1. The lowest BCUT2D eigenvalue weighted by Crippen LogP contribution is -2.22. The van der Waals surface area contributed by atoms with E-state index in [-0.39, 0.29) is 5.41 Å². The van der Waals surface area contributed by atoms with Crippen molar-refractivity contribution in [1.29, 1.82) is 0 Å². The second-order valence-corrected chi connectivity index (χ2v) is 6.12. The molecule has 2 N–H and O–H groups in total. The van der Waals surface area contributed by atoms with Crippen LogP contribution in [0.3, 0.4) is 0 Å². The highest BCUT2D eigenvalue weighted by Crippen LogP contribution is 2.49. The van der Waals surface area contributed by atoms with Crippen LogP contribution in [0.15, 0.2) is 34.2 Å². The van der Waals surface area contributed by atoms with Gasteiger partial charge in [0.25, 0.3) is 0 Å². The van der Waals surface area contributed by atoms with Gasteiger partial charge in [0, 0.05) is 5.92 Å². The van der Waals surface area contributed by atoms with Crippen LogP contribution in [0.25, 0.3) is 0 Å². The first-order valence-corrected chi connectivity index (χ1v) is 6.38. The molecular weight excluding hydrogens is 210 g/mol. The van der Waals surface area contributed by atoms with E-state index in [4.69, 9.17) is 10.2 Å². The monoisotopic (exact) mass is 233 g/mol. The first kappa shape index (κ1) is 12.4. The molecular formula is C15H23NO. The molecule has 0 bridgehead atoms. The van der Waals surface area contributed by atoms with Crippen LogP contribution in [0.4, 0.5) is 0 Å². The van der Waals surface area contributed by atoms with Crippen molar-refractivity contribution in [2.24, 2.45) is 17.1 Å². The van der Waals surface area contributed by atoms with E-state index in [1.54, 1.807) is 11.8 Å². The van der Waals surface area contributed by atoms with Crippen LogP contribution in [0.1, 0.15) is 45.6 Å². The Morgan fingerprint density at radius 1 is 1.41 bits per heavy atom. The molecule has 17 heavy (non-hydrogen) atoms. The predicted molar refractivity (Wildman–Crippen MR) is 70.8 cm³/mol. The van der Waals surface area contributed by atoms with Crippen LogP contribution < -0.4 is 5.73 Å². The fourth-order valence-electron chi connectivity index (χ4n) is 3.37. The number of hydrogen-bond acceptors (Lipinski definition) is 2. The maximum absolute atomic E-state index is 5.94. The highest BCUT2D eigenvalue weighted by molar-refractivity contribution is 5.37. The molecule has 2 heteroatoms. The summed E-state index contributed by atoms with van der Waals surface area (Å²) in [6, 6.07) is 2.08. The molecule has 0 fully saturated rings. The van der Waals surface area contributed by atoms with Crippen molar-refractivity contribution in [2.75, 3.05) is 6.54 Å². The molecule has 0 saturated heterocycles. The topological polar surface area (TPSA) is 39.2 Å². The molecule has 0 amide bonds. The molecule has 1 aromatic rings. The van der Waals surface area contributed by atoms with Gasteiger partial charge in [-0.25, -0.2) is 0 Å². The van der Waals surface area contributed by atoms with Gasteiger partial charge in [-0.1, -0.05) is 31.9 Å². The molecule has 0 aromatic carbocycles. The van der Waals surface area contributed by atoms with Crippen LogP contribution in [0.5, 0.6) is 0 Å². The second kappa shape index (κ2) is 4.34. The van der Waals surface area contributed by atoms with Gasteiger partial charge in [-0.2, -0.15) is 0 Å². The van der Waals surface area contributed by atoms with Gasteiger partial charge < -0.3 is 10.2 Å². The maximum Gasteiger partial charge on any atom is 0.0940 e. The Morgan fingerprint density at radius 2 is 2.12 bits per heavy atom. The maximum atomic E-state index is 5.94. The third kappa shape index (κ3) is 2.19. The van der Waals surface area contributed by atoms with Crippen molar-refractivity contribution in [3.8, 4) is 0 Å². The van der Waals surface area contributed by atoms with Gasteiger partial charge in [0.15, 0.2) is 0 Å². The van der Waals surface area contributed by atoms with Crippen molar-refractivity contribution in [1.82, 2.24) is 0 Å². The fraction of sp³-hybridized carbons (Fsp3) is 0.600. The minimum absolute atomic E-state index is 0.215. The Morgan fingerprint density at radius 3 is 2.53 bits per heavy atom. The number of hydrogen-bond donors (Lipinski definition) is 1. The highest BCUT2D eigenvalue weighted by Gasteiger charge is 2.36. The lowest BCUT2D eigenvalue weighted by molar-refractivity contribution is 0.427. The van der Waals surface area contributed by atoms with Crippen molar-refractivity contribution in [2.45, 2.75) is 40.0 Å². The summed E-state index contributed by atoms with van der Waals surface area (Å²) in [5.41, 5.74) is 10.5. The molecule has 1 aliphatic rings. The van der Waals surface area contributed by atoms with Crippen LogP contribution >= 0.6 is 0 Å². The van der Waals surface area contributed by atoms with Crippen LogP contribution in [0, 0.1) is 11.3 Å². The van der Waals surface area contributed by atoms with Gasteiger partial charge in [-0.05, 0) is 42.9 Å². The lowest BCUT2D eigenvalue weighted by Gasteiger charge is -2.27. The van der Waals surface area contributed by atoms with Crippen molar-refractivity contribution >= 4 is 0 Å². The van der Waals surface area contributed by atoms with Crippen molar-refractivity contribution in [3.63, 3.8) is 0 Å². The predicted octanol–water partition coefficient (Wildman–Crippen LogP) is 3.70. The first-order chi connectivity index (χ1) is 7.95. The van der Waals surface area contributed by atoms with E-state index in [0.29, 0.717) is 11.8 Å². The zero-order valence-corrected chi connectivity index (χ0v) is 11.3. The van der Waals surface area contributed by atoms with Crippen molar-refractivity contribution < 1.29 is 4.42 Å². The Kier molecular flexibility index (Phi) is 3.17. The third-order valence-corrected chi connectivity index (χ3v) is 3.91. The SMILES string of the molecule is CC1=C(C(C)(C)C)C(CN)CC1c1ccoc1. The van der Waals surface area contributed by atoms with E-state index in [1.165, 1.54) is 11.1 Å². The quantitative estimate of drug-likeness (QED) is 0.791. The summed E-state index contributed by atoms with van der Waals surface area (Å²) in [6.45, 7) is 9.86. The number of rotatable bonds is 2. The lowest BCUT2D eigenvalue weighted by atomic mass is 9.79. The van der Waals surface area contributed by atoms with E-state index in [9.17, 15) is 0 Å². The van der Waals surface area contributed by atoms with E-state index in [0.717, 1.165) is 13.0 Å². The Balaban J connectivity index is 2.39. The average molecular weight is 233 g/mol. The molecule has 0 saturated carbocycles. The second-order valence-electron chi connectivity index (χ2n) is 6.12. The van der Waals surface area contributed by atoms with Gasteiger partial charge in [-0.15, -0.1) is 0 Å². The van der Waals surface area contributed by atoms with Crippen LogP contribution in [-0.4, -0.2) is 6.54 Å².